The third-order valence-electron chi connectivity index (χ3n) is 3.80. The average Bonchev–Trinajstić information content (AvgIpc) is 2.94. The van der Waals surface area contributed by atoms with Crippen LogP contribution in [0.15, 0.2) is 64.8 Å². The maximum atomic E-state index is 12.1. The highest BCUT2D eigenvalue weighted by Gasteiger charge is 2.30. The van der Waals surface area contributed by atoms with E-state index in [1.54, 1.807) is 0 Å². The molecule has 24 heavy (non-hydrogen) atoms. The molecule has 2 aromatic rings. The van der Waals surface area contributed by atoms with Crippen molar-refractivity contribution in [3.63, 3.8) is 0 Å². The number of carbonyl (C=O) groups is 1. The molecule has 1 N–H and O–H groups in total. The van der Waals surface area contributed by atoms with Crippen LogP contribution in [0.1, 0.15) is 23.6 Å². The number of nitrogens with zero attached hydrogens (tertiary/aromatic N) is 2. The van der Waals surface area contributed by atoms with Crippen LogP contribution in [0.3, 0.4) is 0 Å². The number of rotatable bonds is 4. The highest BCUT2D eigenvalue weighted by molar-refractivity contribution is 8.15. The van der Waals surface area contributed by atoms with Crippen LogP contribution in [0.4, 0.5) is 0 Å². The summed E-state index contributed by atoms with van der Waals surface area (Å²) in [5.74, 6) is -0.00853. The van der Waals surface area contributed by atoms with Gasteiger partial charge in [0, 0.05) is 0 Å². The number of nitrogens with one attached hydrogen (secondary N) is 1. The van der Waals surface area contributed by atoms with Gasteiger partial charge in [0.1, 0.15) is 0 Å². The Morgan fingerprint density at radius 2 is 1.83 bits per heavy atom. The minimum absolute atomic E-state index is 0.00853. The molecule has 1 amide bonds. The Bertz CT molecular complexity index is 782. The van der Waals surface area contributed by atoms with Gasteiger partial charge in [0.15, 0.2) is 5.17 Å². The Labute approximate surface area is 146 Å². The molecule has 0 aromatic heterocycles. The number of hydrogen-bond donors (Lipinski definition) is 1. The van der Waals surface area contributed by atoms with E-state index in [9.17, 15) is 4.79 Å². The molecule has 4 nitrogen and oxygen atoms in total. The van der Waals surface area contributed by atoms with E-state index in [2.05, 4.69) is 15.5 Å². The van der Waals surface area contributed by atoms with Gasteiger partial charge in [0.2, 0.25) is 5.91 Å². The number of amides is 1. The summed E-state index contributed by atoms with van der Waals surface area (Å²) in [7, 11) is 0. The van der Waals surface area contributed by atoms with E-state index in [1.807, 2.05) is 68.4 Å². The average molecular weight is 337 g/mol. The van der Waals surface area contributed by atoms with E-state index < -0.39 is 0 Å². The summed E-state index contributed by atoms with van der Waals surface area (Å²) < 4.78 is 0. The van der Waals surface area contributed by atoms with Gasteiger partial charge in [-0.15, -0.1) is 5.10 Å². The van der Waals surface area contributed by atoms with Crippen LogP contribution in [0.5, 0.6) is 0 Å². The predicted molar refractivity (Wildman–Crippen MR) is 100 cm³/mol. The minimum Gasteiger partial charge on any atom is -0.303 e. The molecule has 3 rings (SSSR count). The fraction of sp³-hybridized carbons (Fsp3) is 0.211. The molecule has 0 spiro atoms. The van der Waals surface area contributed by atoms with Gasteiger partial charge in [0.05, 0.1) is 11.0 Å². The number of carbonyl (C=O) groups excluding carboxylic acids is 1. The van der Waals surface area contributed by atoms with Crippen LogP contribution >= 0.6 is 11.8 Å². The zero-order valence-corrected chi connectivity index (χ0v) is 14.5. The van der Waals surface area contributed by atoms with E-state index in [0.29, 0.717) is 11.6 Å². The second kappa shape index (κ2) is 7.45. The second-order valence-corrected chi connectivity index (χ2v) is 6.93. The van der Waals surface area contributed by atoms with Crippen LogP contribution in [0, 0.1) is 6.92 Å². The fourth-order valence-corrected chi connectivity index (χ4v) is 3.35. The van der Waals surface area contributed by atoms with Gasteiger partial charge < -0.3 is 5.32 Å². The van der Waals surface area contributed by atoms with Crippen molar-refractivity contribution in [1.29, 1.82) is 0 Å². The highest BCUT2D eigenvalue weighted by Crippen LogP contribution is 2.23. The first kappa shape index (κ1) is 16.5. The number of hydrogen-bond acceptors (Lipinski definition) is 4. The molecule has 0 bridgehead atoms. The van der Waals surface area contributed by atoms with Crippen molar-refractivity contribution in [1.82, 2.24) is 5.32 Å². The Morgan fingerprint density at radius 1 is 1.12 bits per heavy atom. The lowest BCUT2D eigenvalue weighted by molar-refractivity contribution is -0.118. The normalized spacial score (nSPS) is 19.6. The van der Waals surface area contributed by atoms with Crippen molar-refractivity contribution in [2.75, 3.05) is 0 Å². The van der Waals surface area contributed by atoms with Crippen molar-refractivity contribution in [3.8, 4) is 0 Å². The molecule has 1 saturated heterocycles. The zero-order chi connectivity index (χ0) is 16.9. The van der Waals surface area contributed by atoms with Crippen molar-refractivity contribution in [3.05, 3.63) is 71.3 Å². The number of benzene rings is 2. The minimum atomic E-state index is -0.152. The van der Waals surface area contributed by atoms with E-state index >= 15 is 0 Å². The Morgan fingerprint density at radius 3 is 2.54 bits per heavy atom. The summed E-state index contributed by atoms with van der Waals surface area (Å²) in [4.78, 5) is 12.1. The monoisotopic (exact) mass is 337 g/mol. The maximum absolute atomic E-state index is 12.1. The first-order chi connectivity index (χ1) is 11.6. The molecule has 1 aliphatic rings. The molecule has 1 heterocycles. The molecule has 0 radical (unpaired) electrons. The maximum Gasteiger partial charge on any atom is 0.239 e. The molecule has 2 aromatic carbocycles. The fourth-order valence-electron chi connectivity index (χ4n) is 2.39. The third kappa shape index (κ3) is 4.11. The van der Waals surface area contributed by atoms with Crippen LogP contribution in [-0.4, -0.2) is 22.0 Å². The second-order valence-electron chi connectivity index (χ2n) is 5.74. The molecular formula is C19H19N3OS. The summed E-state index contributed by atoms with van der Waals surface area (Å²) in [6, 6.07) is 18.1. The summed E-state index contributed by atoms with van der Waals surface area (Å²) in [5, 5.41) is 11.7. The molecule has 0 unspecified atom stereocenters. The van der Waals surface area contributed by atoms with E-state index in [-0.39, 0.29) is 11.2 Å². The molecule has 0 aliphatic carbocycles. The molecule has 1 fully saturated rings. The summed E-state index contributed by atoms with van der Waals surface area (Å²) >= 11 is 1.44. The molecular weight excluding hydrogens is 318 g/mol. The Hall–Kier alpha value is -2.40. The smallest absolute Gasteiger partial charge is 0.239 e. The first-order valence-electron chi connectivity index (χ1n) is 7.82. The lowest BCUT2D eigenvalue weighted by atomic mass is 10.1. The Balaban J connectivity index is 1.67. The van der Waals surface area contributed by atoms with Gasteiger partial charge in [-0.25, -0.2) is 0 Å². The lowest BCUT2D eigenvalue weighted by Crippen LogP contribution is -2.25. The SMILES string of the molecule is C/C(=N\N=C1/NC(=O)[C@H](Cc2ccccc2)S1)c1ccc(C)cc1. The van der Waals surface area contributed by atoms with Crippen LogP contribution < -0.4 is 5.32 Å². The molecule has 0 saturated carbocycles. The predicted octanol–water partition coefficient (Wildman–Crippen LogP) is 3.55. The highest BCUT2D eigenvalue weighted by atomic mass is 32.2. The van der Waals surface area contributed by atoms with Gasteiger partial charge >= 0.3 is 0 Å². The van der Waals surface area contributed by atoms with Crippen molar-refractivity contribution < 1.29 is 4.79 Å². The number of thioether (sulfide) groups is 1. The largest absolute Gasteiger partial charge is 0.303 e. The van der Waals surface area contributed by atoms with Gasteiger partial charge in [-0.1, -0.05) is 71.9 Å². The molecule has 1 aliphatic heterocycles. The quantitative estimate of drug-likeness (QED) is 0.685. The standard InChI is InChI=1S/C19H19N3OS/c1-13-8-10-16(11-9-13)14(2)21-22-19-20-18(23)17(24-19)12-15-6-4-3-5-7-15/h3-11,17H,12H2,1-2H3,(H,20,22,23)/b21-14+/t17-/m0/s1. The van der Waals surface area contributed by atoms with Crippen molar-refractivity contribution in [2.24, 2.45) is 10.2 Å². The van der Waals surface area contributed by atoms with Crippen molar-refractivity contribution in [2.45, 2.75) is 25.5 Å². The summed E-state index contributed by atoms with van der Waals surface area (Å²) in [6.45, 7) is 3.96. The van der Waals surface area contributed by atoms with Crippen LogP contribution in [0.2, 0.25) is 0 Å². The summed E-state index contributed by atoms with van der Waals surface area (Å²) in [6.07, 6.45) is 0.691. The van der Waals surface area contributed by atoms with Crippen LogP contribution in [-0.2, 0) is 11.2 Å². The Kier molecular flexibility index (Phi) is 5.11. The summed E-state index contributed by atoms with van der Waals surface area (Å²) in [5.41, 5.74) is 4.20. The van der Waals surface area contributed by atoms with Crippen LogP contribution in [0.25, 0.3) is 0 Å². The third-order valence-corrected chi connectivity index (χ3v) is 4.87. The topological polar surface area (TPSA) is 53.8 Å². The van der Waals surface area contributed by atoms with Gasteiger partial charge in [0.25, 0.3) is 0 Å². The molecule has 5 heteroatoms. The lowest BCUT2D eigenvalue weighted by Gasteiger charge is -2.04. The zero-order valence-electron chi connectivity index (χ0n) is 13.7. The molecule has 122 valence electrons. The van der Waals surface area contributed by atoms with Crippen molar-refractivity contribution >= 4 is 28.5 Å². The van der Waals surface area contributed by atoms with Gasteiger partial charge in [-0.2, -0.15) is 5.10 Å². The molecule has 1 atom stereocenters. The first-order valence-corrected chi connectivity index (χ1v) is 8.70. The van der Waals surface area contributed by atoms with E-state index in [0.717, 1.165) is 16.8 Å². The number of amidine groups is 1. The van der Waals surface area contributed by atoms with Gasteiger partial charge in [-0.05, 0) is 31.4 Å². The van der Waals surface area contributed by atoms with Gasteiger partial charge in [-0.3, -0.25) is 4.79 Å². The van der Waals surface area contributed by atoms with E-state index in [4.69, 9.17) is 0 Å². The number of aryl methyl sites for hydroxylation is 1. The van der Waals surface area contributed by atoms with E-state index in [1.165, 1.54) is 17.3 Å².